The molecule has 0 radical (unpaired) electrons. The average Bonchev–Trinajstić information content (AvgIpc) is 2.14. The molecule has 0 heterocycles. The van der Waals surface area contributed by atoms with Crippen LogP contribution in [0.2, 0.25) is 0 Å². The van der Waals surface area contributed by atoms with Gasteiger partial charge in [0.15, 0.2) is 0 Å². The monoisotopic (exact) mass is 300 g/mol. The molecule has 1 amide bonds. The smallest absolute Gasteiger partial charge is 0.412 e. The first-order valence-electron chi connectivity index (χ1n) is 4.95. The van der Waals surface area contributed by atoms with E-state index in [0.29, 0.717) is 10.2 Å². The summed E-state index contributed by atoms with van der Waals surface area (Å²) in [6.45, 7) is 5.34. The zero-order valence-corrected chi connectivity index (χ0v) is 11.4. The van der Waals surface area contributed by atoms with E-state index in [-0.39, 0.29) is 5.69 Å². The minimum Gasteiger partial charge on any atom is -0.444 e. The minimum absolute atomic E-state index is 0.278. The molecule has 0 aromatic heterocycles. The molecule has 0 aliphatic rings. The molecule has 0 unspecified atom stereocenters. The van der Waals surface area contributed by atoms with E-state index in [1.165, 1.54) is 6.07 Å². The van der Waals surface area contributed by atoms with Gasteiger partial charge in [-0.1, -0.05) is 0 Å². The van der Waals surface area contributed by atoms with Crippen molar-refractivity contribution in [2.45, 2.75) is 26.4 Å². The number of ether oxygens (including phenoxy) is 1. The predicted molar refractivity (Wildman–Crippen MR) is 69.5 cm³/mol. The number of amides is 1. The van der Waals surface area contributed by atoms with Crippen LogP contribution >= 0.6 is 15.9 Å². The van der Waals surface area contributed by atoms with Crippen LogP contribution in [0, 0.1) is 4.91 Å². The second-order valence-electron chi connectivity index (χ2n) is 4.38. The van der Waals surface area contributed by atoms with Gasteiger partial charge in [-0.25, -0.2) is 4.79 Å². The molecular weight excluding hydrogens is 288 g/mol. The van der Waals surface area contributed by atoms with Gasteiger partial charge in [0.2, 0.25) is 0 Å². The van der Waals surface area contributed by atoms with Crippen LogP contribution in [0.5, 0.6) is 0 Å². The van der Waals surface area contributed by atoms with Crippen molar-refractivity contribution in [3.8, 4) is 0 Å². The lowest BCUT2D eigenvalue weighted by atomic mass is 10.2. The van der Waals surface area contributed by atoms with Gasteiger partial charge in [-0.3, -0.25) is 5.32 Å². The predicted octanol–water partition coefficient (Wildman–Crippen LogP) is 4.19. The first-order valence-corrected chi connectivity index (χ1v) is 5.74. The number of hydrogen-bond donors (Lipinski definition) is 1. The number of rotatable bonds is 2. The molecule has 0 aliphatic heterocycles. The lowest BCUT2D eigenvalue weighted by Crippen LogP contribution is -2.27. The number of nitroso groups, excluding NO2 is 1. The molecule has 1 N–H and O–H groups in total. The normalized spacial score (nSPS) is 10.8. The number of nitrogens with zero attached hydrogens (tertiary/aromatic N) is 1. The van der Waals surface area contributed by atoms with Crippen molar-refractivity contribution in [1.29, 1.82) is 0 Å². The Morgan fingerprint density at radius 1 is 1.41 bits per heavy atom. The Labute approximate surface area is 108 Å². The van der Waals surface area contributed by atoms with Crippen molar-refractivity contribution in [3.05, 3.63) is 27.6 Å². The lowest BCUT2D eigenvalue weighted by molar-refractivity contribution is 0.0636. The number of hydrogen-bond acceptors (Lipinski definition) is 4. The van der Waals surface area contributed by atoms with Crippen molar-refractivity contribution in [3.63, 3.8) is 0 Å². The van der Waals surface area contributed by atoms with Gasteiger partial charge in [-0.15, -0.1) is 4.91 Å². The van der Waals surface area contributed by atoms with Crippen LogP contribution in [0.1, 0.15) is 20.8 Å². The highest BCUT2D eigenvalue weighted by molar-refractivity contribution is 9.10. The lowest BCUT2D eigenvalue weighted by Gasteiger charge is -2.19. The fourth-order valence-electron chi connectivity index (χ4n) is 1.08. The summed E-state index contributed by atoms with van der Waals surface area (Å²) >= 11 is 3.17. The molecule has 1 aromatic rings. The molecule has 0 bridgehead atoms. The quantitative estimate of drug-likeness (QED) is 0.833. The topological polar surface area (TPSA) is 67.8 Å². The average molecular weight is 301 g/mol. The molecule has 1 rings (SSSR count). The van der Waals surface area contributed by atoms with Crippen LogP contribution in [-0.2, 0) is 4.74 Å². The van der Waals surface area contributed by atoms with Gasteiger partial charge >= 0.3 is 6.09 Å². The van der Waals surface area contributed by atoms with Gasteiger partial charge in [-0.2, -0.15) is 0 Å². The number of carbonyl (C=O) groups is 1. The van der Waals surface area contributed by atoms with E-state index < -0.39 is 11.7 Å². The van der Waals surface area contributed by atoms with E-state index in [2.05, 4.69) is 26.4 Å². The molecule has 6 heteroatoms. The zero-order valence-electron chi connectivity index (χ0n) is 9.78. The highest BCUT2D eigenvalue weighted by Crippen LogP contribution is 2.28. The van der Waals surface area contributed by atoms with Crippen LogP contribution in [-0.4, -0.2) is 11.7 Å². The van der Waals surface area contributed by atoms with Gasteiger partial charge in [0.1, 0.15) is 11.3 Å². The number of carbonyl (C=O) groups excluding carboxylic acids is 1. The molecule has 0 saturated carbocycles. The second kappa shape index (κ2) is 5.27. The Bertz CT molecular complexity index is 441. The summed E-state index contributed by atoms with van der Waals surface area (Å²) in [5.74, 6) is 0. The zero-order chi connectivity index (χ0) is 13.1. The maximum Gasteiger partial charge on any atom is 0.412 e. The third kappa shape index (κ3) is 4.52. The molecule has 0 atom stereocenters. The standard InChI is InChI=1S/C11H13BrN2O3/c1-11(2,3)17-10(15)13-7-4-5-9(14-16)8(12)6-7/h4-6H,1-3H3,(H,13,15). The van der Waals surface area contributed by atoms with E-state index in [1.807, 2.05) is 0 Å². The Hall–Kier alpha value is -1.43. The van der Waals surface area contributed by atoms with Crippen molar-refractivity contribution in [2.75, 3.05) is 5.32 Å². The Morgan fingerprint density at radius 3 is 2.53 bits per heavy atom. The molecule has 0 aliphatic carbocycles. The van der Waals surface area contributed by atoms with Crippen LogP contribution in [0.25, 0.3) is 0 Å². The molecule has 0 saturated heterocycles. The summed E-state index contributed by atoms with van der Waals surface area (Å²) in [6.07, 6.45) is -0.545. The highest BCUT2D eigenvalue weighted by atomic mass is 79.9. The summed E-state index contributed by atoms with van der Waals surface area (Å²) in [6, 6.07) is 4.66. The van der Waals surface area contributed by atoms with Gasteiger partial charge in [0, 0.05) is 10.2 Å². The molecule has 5 nitrogen and oxygen atoms in total. The third-order valence-corrected chi connectivity index (χ3v) is 2.33. The van der Waals surface area contributed by atoms with E-state index in [0.717, 1.165) is 0 Å². The maximum absolute atomic E-state index is 11.5. The van der Waals surface area contributed by atoms with Crippen molar-refractivity contribution in [2.24, 2.45) is 5.18 Å². The fourth-order valence-corrected chi connectivity index (χ4v) is 1.53. The fraction of sp³-hybridized carbons (Fsp3) is 0.364. The number of benzene rings is 1. The van der Waals surface area contributed by atoms with Gasteiger partial charge in [0.25, 0.3) is 0 Å². The summed E-state index contributed by atoms with van der Waals surface area (Å²) in [4.78, 5) is 21.8. The van der Waals surface area contributed by atoms with Crippen molar-refractivity contribution in [1.82, 2.24) is 0 Å². The Kier molecular flexibility index (Phi) is 4.22. The molecule has 1 aromatic carbocycles. The molecular formula is C11H13BrN2O3. The summed E-state index contributed by atoms with van der Waals surface area (Å²) in [5, 5.41) is 5.36. The van der Waals surface area contributed by atoms with Gasteiger partial charge < -0.3 is 4.74 Å². The summed E-state index contributed by atoms with van der Waals surface area (Å²) in [7, 11) is 0. The third-order valence-electron chi connectivity index (χ3n) is 1.69. The molecule has 17 heavy (non-hydrogen) atoms. The Balaban J connectivity index is 2.73. The van der Waals surface area contributed by atoms with Crippen LogP contribution in [0.15, 0.2) is 27.8 Å². The van der Waals surface area contributed by atoms with E-state index in [9.17, 15) is 9.70 Å². The minimum atomic E-state index is -0.550. The van der Waals surface area contributed by atoms with Crippen molar-refractivity contribution >= 4 is 33.4 Å². The first kappa shape index (κ1) is 13.6. The van der Waals surface area contributed by atoms with Crippen LogP contribution in [0.4, 0.5) is 16.2 Å². The van der Waals surface area contributed by atoms with Gasteiger partial charge in [0.05, 0.1) is 0 Å². The molecule has 92 valence electrons. The van der Waals surface area contributed by atoms with Crippen LogP contribution < -0.4 is 5.32 Å². The van der Waals surface area contributed by atoms with Gasteiger partial charge in [-0.05, 0) is 60.1 Å². The van der Waals surface area contributed by atoms with Crippen LogP contribution in [0.3, 0.4) is 0 Å². The number of nitrogens with one attached hydrogen (secondary N) is 1. The highest BCUT2D eigenvalue weighted by Gasteiger charge is 2.16. The first-order chi connectivity index (χ1) is 7.81. The largest absolute Gasteiger partial charge is 0.444 e. The van der Waals surface area contributed by atoms with E-state index >= 15 is 0 Å². The maximum atomic E-state index is 11.5. The number of halogens is 1. The summed E-state index contributed by atoms with van der Waals surface area (Å²) < 4.78 is 5.60. The van der Waals surface area contributed by atoms with E-state index in [1.54, 1.807) is 32.9 Å². The SMILES string of the molecule is CC(C)(C)OC(=O)Nc1ccc(N=O)c(Br)c1. The second-order valence-corrected chi connectivity index (χ2v) is 5.24. The Morgan fingerprint density at radius 2 is 2.06 bits per heavy atom. The number of anilines is 1. The van der Waals surface area contributed by atoms with Crippen molar-refractivity contribution < 1.29 is 9.53 Å². The molecule has 0 fully saturated rings. The molecule has 0 spiro atoms. The van der Waals surface area contributed by atoms with E-state index in [4.69, 9.17) is 4.74 Å². The summed E-state index contributed by atoms with van der Waals surface area (Å²) in [5.41, 5.74) is 0.254.